The number of benzene rings is 1. The Kier molecular flexibility index (Phi) is 11.1. The Balaban J connectivity index is 1.40. The summed E-state index contributed by atoms with van der Waals surface area (Å²) in [5.74, 6) is -2.62. The fourth-order valence-corrected chi connectivity index (χ4v) is 7.70. The van der Waals surface area contributed by atoms with E-state index in [1.165, 1.54) is 23.5 Å². The zero-order valence-electron chi connectivity index (χ0n) is 28.6. The highest BCUT2D eigenvalue weighted by Gasteiger charge is 2.55. The fourth-order valence-electron chi connectivity index (χ4n) is 7.52. The number of halogens is 2. The number of likely N-dealkylation sites (tertiary alicyclic amines) is 1. The molecule has 1 spiro atoms. The second-order valence-corrected chi connectivity index (χ2v) is 16.0. The molecule has 2 aliphatic carbocycles. The third-order valence-corrected chi connectivity index (χ3v) is 10.8. The molecule has 5 rings (SSSR count). The van der Waals surface area contributed by atoms with Crippen LogP contribution in [0.4, 0.5) is 4.39 Å². The average molecular weight is 686 g/mol. The lowest BCUT2D eigenvalue weighted by Crippen LogP contribution is -2.57. The Labute approximate surface area is 287 Å². The highest BCUT2D eigenvalue weighted by molar-refractivity contribution is 6.38. The van der Waals surface area contributed by atoms with Gasteiger partial charge in [-0.25, -0.2) is 4.39 Å². The van der Waals surface area contributed by atoms with Crippen LogP contribution in [0.3, 0.4) is 0 Å². The minimum Gasteiger partial charge on any atom is -0.387 e. The molecule has 1 aromatic rings. The normalized spacial score (nSPS) is 24.2. The number of amides is 2. The van der Waals surface area contributed by atoms with Crippen molar-refractivity contribution in [1.82, 2.24) is 10.2 Å². The summed E-state index contributed by atoms with van der Waals surface area (Å²) in [6.45, 7) is 7.31. The van der Waals surface area contributed by atoms with Gasteiger partial charge in [-0.3, -0.25) is 24.0 Å². The van der Waals surface area contributed by atoms with Crippen molar-refractivity contribution in [3.63, 3.8) is 0 Å². The van der Waals surface area contributed by atoms with E-state index in [4.69, 9.17) is 16.4 Å². The van der Waals surface area contributed by atoms with Gasteiger partial charge in [0.05, 0.1) is 23.3 Å². The molecule has 262 valence electrons. The number of nitrogens with one attached hydrogen (secondary N) is 1. The van der Waals surface area contributed by atoms with Gasteiger partial charge in [0.2, 0.25) is 17.6 Å². The van der Waals surface area contributed by atoms with Crippen LogP contribution in [0.2, 0.25) is 5.02 Å². The molecular formula is C37H49ClFN3O6. The molecule has 2 heterocycles. The van der Waals surface area contributed by atoms with Crippen molar-refractivity contribution in [2.45, 2.75) is 129 Å². The van der Waals surface area contributed by atoms with Crippen LogP contribution < -0.4 is 5.32 Å². The maximum absolute atomic E-state index is 14.6. The molecule has 2 amide bonds. The molecule has 0 unspecified atom stereocenters. The van der Waals surface area contributed by atoms with E-state index in [-0.39, 0.29) is 54.9 Å². The van der Waals surface area contributed by atoms with Gasteiger partial charge in [-0.05, 0) is 48.6 Å². The zero-order chi connectivity index (χ0) is 34.8. The molecule has 4 aliphatic rings. The number of rotatable bonds is 13. The monoisotopic (exact) mass is 685 g/mol. The first-order chi connectivity index (χ1) is 22.7. The first-order valence-corrected chi connectivity index (χ1v) is 18.0. The molecule has 1 N–H and O–H groups in total. The lowest BCUT2D eigenvalue weighted by molar-refractivity contribution is -0.145. The zero-order valence-corrected chi connectivity index (χ0v) is 29.4. The molecule has 11 heteroatoms. The van der Waals surface area contributed by atoms with Gasteiger partial charge in [0.25, 0.3) is 0 Å². The number of Topliss-reactive ketones (excluding diaryl/α,β-unsaturated/α-hetero) is 3. The smallest absolute Gasteiger partial charge is 0.246 e. The average Bonchev–Trinajstić information content (AvgIpc) is 3.65. The van der Waals surface area contributed by atoms with E-state index >= 15 is 0 Å². The van der Waals surface area contributed by atoms with Crippen molar-refractivity contribution in [1.29, 1.82) is 0 Å². The number of hydrogen-bond donors (Lipinski definition) is 1. The summed E-state index contributed by atoms with van der Waals surface area (Å²) >= 11 is 6.05. The van der Waals surface area contributed by atoms with Gasteiger partial charge >= 0.3 is 0 Å². The number of carbonyl (C=O) groups excluding carboxylic acids is 5. The molecule has 0 radical (unpaired) electrons. The van der Waals surface area contributed by atoms with Crippen LogP contribution in [-0.4, -0.2) is 64.0 Å². The minimum absolute atomic E-state index is 0.0321. The molecule has 0 aromatic heterocycles. The Morgan fingerprint density at radius 1 is 1.08 bits per heavy atom. The highest BCUT2D eigenvalue weighted by Crippen LogP contribution is 2.42. The molecule has 48 heavy (non-hydrogen) atoms. The van der Waals surface area contributed by atoms with Gasteiger partial charge in [0.1, 0.15) is 11.9 Å². The number of ketones is 3. The summed E-state index contributed by atoms with van der Waals surface area (Å²) < 4.78 is 13.9. The summed E-state index contributed by atoms with van der Waals surface area (Å²) in [6.07, 6.45) is 8.39. The molecular weight excluding hydrogens is 637 g/mol. The van der Waals surface area contributed by atoms with Crippen LogP contribution >= 0.6 is 11.6 Å². The standard InChI is InChI=1S/C37H49ClFN3O6/c1-5-30(43)33(46)25(15-23-11-12-23)18-31(44)29-20-37(19-28(41-48-37)24-13-14-27(39)26(38)17-24)21-42(29)35(47)34(36(2,3)4)40-32(45)16-22-9-7-6-8-10-22/h13-14,17,22-23,25,29,34H,5-12,15-16,18-21H2,1-4H3,(H,40,45)/t25-,29+,34-,37-/m1/s1. The van der Waals surface area contributed by atoms with E-state index in [1.54, 1.807) is 13.0 Å². The molecule has 1 aromatic carbocycles. The van der Waals surface area contributed by atoms with Crippen LogP contribution in [0.1, 0.15) is 117 Å². The van der Waals surface area contributed by atoms with Crippen LogP contribution in [0.15, 0.2) is 23.4 Å². The molecule has 2 saturated carbocycles. The number of nitrogens with zero attached hydrogens (tertiary/aromatic N) is 2. The van der Waals surface area contributed by atoms with Crippen LogP contribution in [0, 0.1) is 29.0 Å². The summed E-state index contributed by atoms with van der Waals surface area (Å²) in [4.78, 5) is 75.2. The van der Waals surface area contributed by atoms with Gasteiger partial charge < -0.3 is 15.1 Å². The van der Waals surface area contributed by atoms with Gasteiger partial charge in [-0.2, -0.15) is 0 Å². The van der Waals surface area contributed by atoms with Crippen molar-refractivity contribution in [2.75, 3.05) is 6.54 Å². The predicted molar refractivity (Wildman–Crippen MR) is 180 cm³/mol. The largest absolute Gasteiger partial charge is 0.387 e. The van der Waals surface area contributed by atoms with Crippen LogP contribution in [-0.2, 0) is 28.8 Å². The summed E-state index contributed by atoms with van der Waals surface area (Å²) in [5.41, 5.74) is -0.637. The van der Waals surface area contributed by atoms with Crippen LogP contribution in [0.5, 0.6) is 0 Å². The Morgan fingerprint density at radius 3 is 2.42 bits per heavy atom. The van der Waals surface area contributed by atoms with Crippen molar-refractivity contribution in [2.24, 2.45) is 28.3 Å². The summed E-state index contributed by atoms with van der Waals surface area (Å²) in [7, 11) is 0. The quantitative estimate of drug-likeness (QED) is 0.241. The second kappa shape index (κ2) is 14.8. The molecule has 3 fully saturated rings. The Morgan fingerprint density at radius 2 is 1.79 bits per heavy atom. The Hall–Kier alpha value is -3.14. The third kappa shape index (κ3) is 8.52. The number of hydrogen-bond acceptors (Lipinski definition) is 7. The molecule has 0 bridgehead atoms. The van der Waals surface area contributed by atoms with E-state index in [9.17, 15) is 28.4 Å². The van der Waals surface area contributed by atoms with E-state index in [0.29, 0.717) is 30.0 Å². The Bertz CT molecular complexity index is 1460. The van der Waals surface area contributed by atoms with E-state index in [0.717, 1.165) is 38.5 Å². The van der Waals surface area contributed by atoms with Crippen molar-refractivity contribution < 1.29 is 33.2 Å². The maximum Gasteiger partial charge on any atom is 0.246 e. The number of carbonyl (C=O) groups is 5. The molecule has 4 atom stereocenters. The lowest BCUT2D eigenvalue weighted by atomic mass is 9.83. The van der Waals surface area contributed by atoms with Gasteiger partial charge in [0.15, 0.2) is 17.2 Å². The van der Waals surface area contributed by atoms with E-state index in [2.05, 4.69) is 10.5 Å². The third-order valence-electron chi connectivity index (χ3n) is 10.5. The second-order valence-electron chi connectivity index (χ2n) is 15.6. The van der Waals surface area contributed by atoms with Gasteiger partial charge in [-0.15, -0.1) is 0 Å². The molecule has 1 saturated heterocycles. The van der Waals surface area contributed by atoms with Gasteiger partial charge in [0, 0.05) is 43.6 Å². The van der Waals surface area contributed by atoms with Crippen molar-refractivity contribution >= 4 is 46.5 Å². The molecule has 9 nitrogen and oxygen atoms in total. The SMILES string of the molecule is CCC(=O)C(=O)[C@@H](CC(=O)[C@@H]1C[C@]2(CC(c3ccc(F)c(Cl)c3)=NO2)CN1C(=O)[C@@H](NC(=O)CC1CCCCC1)C(C)(C)C)CC1CC1. The fraction of sp³-hybridized carbons (Fsp3) is 0.676. The minimum atomic E-state index is -1.05. The lowest BCUT2D eigenvalue weighted by Gasteiger charge is -2.36. The van der Waals surface area contributed by atoms with E-state index < -0.39 is 52.3 Å². The van der Waals surface area contributed by atoms with Gasteiger partial charge in [-0.1, -0.05) is 82.6 Å². The first kappa shape index (κ1) is 36.1. The van der Waals surface area contributed by atoms with E-state index in [1.807, 2.05) is 20.8 Å². The first-order valence-electron chi connectivity index (χ1n) is 17.6. The summed E-state index contributed by atoms with van der Waals surface area (Å²) in [5, 5.41) is 7.26. The topological polar surface area (TPSA) is 122 Å². The number of oxime groups is 1. The predicted octanol–water partition coefficient (Wildman–Crippen LogP) is 6.37. The van der Waals surface area contributed by atoms with Crippen molar-refractivity contribution in [3.8, 4) is 0 Å². The molecule has 2 aliphatic heterocycles. The van der Waals surface area contributed by atoms with Crippen LogP contribution in [0.25, 0.3) is 0 Å². The summed E-state index contributed by atoms with van der Waals surface area (Å²) in [6, 6.07) is 2.41. The maximum atomic E-state index is 14.6. The highest BCUT2D eigenvalue weighted by atomic mass is 35.5. The van der Waals surface area contributed by atoms with Crippen molar-refractivity contribution in [3.05, 3.63) is 34.6 Å².